The largest absolute Gasteiger partial charge is 0.447 e. The number of benzene rings is 1. The summed E-state index contributed by atoms with van der Waals surface area (Å²) in [6.45, 7) is 7.17. The van der Waals surface area contributed by atoms with E-state index in [1.807, 2.05) is 30.3 Å². The van der Waals surface area contributed by atoms with E-state index in [4.69, 9.17) is 9.26 Å². The quantitative estimate of drug-likeness (QED) is 0.479. The first-order valence-corrected chi connectivity index (χ1v) is 12.8. The lowest BCUT2D eigenvalue weighted by molar-refractivity contribution is -0.129. The lowest BCUT2D eigenvalue weighted by atomic mass is 9.67. The number of amides is 2. The number of aromatic nitrogens is 1. The van der Waals surface area contributed by atoms with Gasteiger partial charge in [0.2, 0.25) is 5.91 Å². The van der Waals surface area contributed by atoms with Gasteiger partial charge in [0.25, 0.3) is 0 Å². The third-order valence-corrected chi connectivity index (χ3v) is 7.44. The number of cyclic esters (lactones) is 1. The first-order valence-electron chi connectivity index (χ1n) is 12.8. The van der Waals surface area contributed by atoms with E-state index in [9.17, 15) is 9.59 Å². The average Bonchev–Trinajstić information content (AvgIpc) is 3.42. The van der Waals surface area contributed by atoms with Crippen LogP contribution in [-0.4, -0.2) is 34.7 Å². The van der Waals surface area contributed by atoms with E-state index in [0.29, 0.717) is 30.1 Å². The van der Waals surface area contributed by atoms with Crippen LogP contribution in [0.5, 0.6) is 0 Å². The molecule has 0 N–H and O–H groups in total. The van der Waals surface area contributed by atoms with Crippen molar-refractivity contribution in [2.24, 2.45) is 11.3 Å². The fourth-order valence-electron chi connectivity index (χ4n) is 5.76. The van der Waals surface area contributed by atoms with Crippen molar-refractivity contribution >= 4 is 12.0 Å². The summed E-state index contributed by atoms with van der Waals surface area (Å²) in [4.78, 5) is 26.7. The molecule has 6 heteroatoms. The van der Waals surface area contributed by atoms with Crippen LogP contribution in [0.15, 0.2) is 34.9 Å². The fourth-order valence-corrected chi connectivity index (χ4v) is 5.76. The van der Waals surface area contributed by atoms with Crippen molar-refractivity contribution in [1.82, 2.24) is 10.1 Å². The standard InChI is InChI=1S/C28H36N2O4/c1-28(2,3)16-19-13-21(14-19)26-25(20-9-10-20)23(29-34-26)11-12-24(31)30-22(17-33-27(30)32)15-18-7-5-4-6-8-18/h4-8,19-22H,9-17H2,1-3H3/t19?,21?,22-/m1/s1. The maximum Gasteiger partial charge on any atom is 0.416 e. The van der Waals surface area contributed by atoms with Crippen LogP contribution in [0.3, 0.4) is 0 Å². The highest BCUT2D eigenvalue weighted by Crippen LogP contribution is 2.52. The van der Waals surface area contributed by atoms with Gasteiger partial charge in [-0.3, -0.25) is 4.79 Å². The van der Waals surface area contributed by atoms with Gasteiger partial charge in [-0.25, -0.2) is 9.69 Å². The summed E-state index contributed by atoms with van der Waals surface area (Å²) in [6, 6.07) is 9.66. The van der Waals surface area contributed by atoms with Gasteiger partial charge in [-0.15, -0.1) is 0 Å². The van der Waals surface area contributed by atoms with Gasteiger partial charge in [-0.2, -0.15) is 0 Å². The van der Waals surface area contributed by atoms with Gasteiger partial charge >= 0.3 is 6.09 Å². The van der Waals surface area contributed by atoms with Crippen LogP contribution < -0.4 is 0 Å². The molecule has 0 unspecified atom stereocenters. The van der Waals surface area contributed by atoms with Gasteiger partial charge in [0.1, 0.15) is 12.4 Å². The van der Waals surface area contributed by atoms with Crippen molar-refractivity contribution < 1.29 is 18.8 Å². The highest BCUT2D eigenvalue weighted by Gasteiger charge is 2.42. The second-order valence-electron chi connectivity index (χ2n) is 11.7. The zero-order valence-electron chi connectivity index (χ0n) is 20.6. The molecule has 6 nitrogen and oxygen atoms in total. The summed E-state index contributed by atoms with van der Waals surface area (Å²) in [6.07, 6.45) is 6.75. The highest BCUT2D eigenvalue weighted by atomic mass is 16.6. The number of hydrogen-bond acceptors (Lipinski definition) is 5. The van der Waals surface area contributed by atoms with E-state index in [1.54, 1.807) is 0 Å². The molecule has 1 aromatic heterocycles. The van der Waals surface area contributed by atoms with Crippen molar-refractivity contribution in [3.63, 3.8) is 0 Å². The zero-order valence-corrected chi connectivity index (χ0v) is 20.6. The third-order valence-electron chi connectivity index (χ3n) is 7.44. The number of rotatable bonds is 8. The summed E-state index contributed by atoms with van der Waals surface area (Å²) in [5, 5.41) is 4.42. The molecule has 2 heterocycles. The molecule has 2 amide bonds. The monoisotopic (exact) mass is 464 g/mol. The number of carbonyl (C=O) groups excluding carboxylic acids is 2. The second-order valence-corrected chi connectivity index (χ2v) is 11.7. The van der Waals surface area contributed by atoms with E-state index in [-0.39, 0.29) is 25.0 Å². The Morgan fingerprint density at radius 3 is 2.53 bits per heavy atom. The smallest absolute Gasteiger partial charge is 0.416 e. The molecular formula is C28H36N2O4. The molecule has 0 spiro atoms. The molecule has 2 aliphatic carbocycles. The maximum atomic E-state index is 13.1. The lowest BCUT2D eigenvalue weighted by Gasteiger charge is -2.38. The number of nitrogens with zero attached hydrogens (tertiary/aromatic N) is 2. The number of hydrogen-bond donors (Lipinski definition) is 0. The van der Waals surface area contributed by atoms with Gasteiger partial charge in [0.15, 0.2) is 0 Å². The Hall–Kier alpha value is -2.63. The molecule has 1 aromatic carbocycles. The van der Waals surface area contributed by atoms with Crippen molar-refractivity contribution in [2.75, 3.05) is 6.61 Å². The van der Waals surface area contributed by atoms with Gasteiger partial charge in [-0.05, 0) is 61.3 Å². The molecule has 1 saturated heterocycles. The molecule has 3 fully saturated rings. The normalized spacial score (nSPS) is 24.7. The van der Waals surface area contributed by atoms with Gasteiger partial charge < -0.3 is 9.26 Å². The van der Waals surface area contributed by atoms with Crippen molar-refractivity contribution in [3.8, 4) is 0 Å². The first-order chi connectivity index (χ1) is 16.3. The predicted molar refractivity (Wildman–Crippen MR) is 128 cm³/mol. The van der Waals surface area contributed by atoms with Crippen LogP contribution in [0.2, 0.25) is 0 Å². The molecule has 2 saturated carbocycles. The average molecular weight is 465 g/mol. The molecular weight excluding hydrogens is 428 g/mol. The molecule has 34 heavy (non-hydrogen) atoms. The molecule has 0 radical (unpaired) electrons. The number of carbonyl (C=O) groups is 2. The van der Waals surface area contributed by atoms with E-state index < -0.39 is 6.09 Å². The zero-order chi connectivity index (χ0) is 23.9. The Morgan fingerprint density at radius 1 is 1.12 bits per heavy atom. The van der Waals surface area contributed by atoms with Gasteiger partial charge in [0, 0.05) is 24.3 Å². The first kappa shape index (κ1) is 23.1. The molecule has 0 bridgehead atoms. The van der Waals surface area contributed by atoms with Crippen molar-refractivity contribution in [1.29, 1.82) is 0 Å². The van der Waals surface area contributed by atoms with E-state index in [0.717, 1.165) is 22.9 Å². The SMILES string of the molecule is CC(C)(C)CC1CC(c2onc(CCC(=O)N3C(=O)OC[C@H]3Cc3ccccc3)c2C2CC2)C1. The molecule has 1 aliphatic heterocycles. The minimum Gasteiger partial charge on any atom is -0.447 e. The molecule has 5 rings (SSSR count). The summed E-state index contributed by atoms with van der Waals surface area (Å²) >= 11 is 0. The molecule has 1 atom stereocenters. The Kier molecular flexibility index (Phi) is 6.26. The Balaban J connectivity index is 1.22. The summed E-state index contributed by atoms with van der Waals surface area (Å²) < 4.78 is 11.1. The van der Waals surface area contributed by atoms with Crippen LogP contribution >= 0.6 is 0 Å². The van der Waals surface area contributed by atoms with Crippen molar-refractivity contribution in [2.45, 2.75) is 90.0 Å². The van der Waals surface area contributed by atoms with Gasteiger partial charge in [-0.1, -0.05) is 56.3 Å². The lowest BCUT2D eigenvalue weighted by Crippen LogP contribution is -2.40. The highest BCUT2D eigenvalue weighted by molar-refractivity contribution is 5.93. The Labute approximate surface area is 202 Å². The Morgan fingerprint density at radius 2 is 1.85 bits per heavy atom. The maximum absolute atomic E-state index is 13.1. The van der Waals surface area contributed by atoms with E-state index in [1.165, 1.54) is 42.6 Å². The van der Waals surface area contributed by atoms with E-state index >= 15 is 0 Å². The van der Waals surface area contributed by atoms with Crippen LogP contribution in [0.1, 0.15) is 93.7 Å². The molecule has 2 aromatic rings. The fraction of sp³-hybridized carbons (Fsp3) is 0.607. The van der Waals surface area contributed by atoms with Crippen LogP contribution in [0.4, 0.5) is 4.79 Å². The van der Waals surface area contributed by atoms with Crippen LogP contribution in [0.25, 0.3) is 0 Å². The topological polar surface area (TPSA) is 72.6 Å². The molecule has 182 valence electrons. The predicted octanol–water partition coefficient (Wildman–Crippen LogP) is 6.00. The third kappa shape index (κ3) is 5.06. The minimum absolute atomic E-state index is 0.191. The van der Waals surface area contributed by atoms with E-state index in [2.05, 4.69) is 25.9 Å². The summed E-state index contributed by atoms with van der Waals surface area (Å²) in [5.41, 5.74) is 3.62. The second kappa shape index (κ2) is 9.20. The number of ether oxygens (including phenoxy) is 1. The molecule has 3 aliphatic rings. The van der Waals surface area contributed by atoms with Crippen LogP contribution in [-0.2, 0) is 22.4 Å². The van der Waals surface area contributed by atoms with Crippen LogP contribution in [0, 0.1) is 11.3 Å². The number of aryl methyl sites for hydroxylation is 1. The summed E-state index contributed by atoms with van der Waals surface area (Å²) in [7, 11) is 0. The summed E-state index contributed by atoms with van der Waals surface area (Å²) in [5.74, 6) is 2.62. The Bertz CT molecular complexity index is 1030. The number of imide groups is 1. The van der Waals surface area contributed by atoms with Crippen molar-refractivity contribution in [3.05, 3.63) is 52.9 Å². The minimum atomic E-state index is -0.534. The van der Waals surface area contributed by atoms with Gasteiger partial charge in [0.05, 0.1) is 11.7 Å².